The largest absolute Gasteiger partial charge is 0.495 e. The highest BCUT2D eigenvalue weighted by Crippen LogP contribution is 2.27. The Labute approximate surface area is 117 Å². The predicted octanol–water partition coefficient (Wildman–Crippen LogP) is 2.22. The summed E-state index contributed by atoms with van der Waals surface area (Å²) in [5.74, 6) is 0.589. The number of rotatable bonds is 3. The molecule has 0 atom stereocenters. The number of hydrogen-bond donors (Lipinski definition) is 3. The Morgan fingerprint density at radius 3 is 2.79 bits per heavy atom. The van der Waals surface area contributed by atoms with Gasteiger partial charge in [0.05, 0.1) is 12.1 Å². The first kappa shape index (κ1) is 14.0. The van der Waals surface area contributed by atoms with Crippen LogP contribution in [0, 0.1) is 0 Å². The van der Waals surface area contributed by atoms with Crippen LogP contribution in [0.2, 0.25) is 5.02 Å². The SMILES string of the molecule is COc1ccc(NC(=O)NC2CCNCC2)cc1Cl. The van der Waals surface area contributed by atoms with Crippen molar-refractivity contribution in [1.29, 1.82) is 0 Å². The topological polar surface area (TPSA) is 62.4 Å². The summed E-state index contributed by atoms with van der Waals surface area (Å²) in [6, 6.07) is 5.18. The van der Waals surface area contributed by atoms with Crippen LogP contribution < -0.4 is 20.7 Å². The minimum atomic E-state index is -0.201. The van der Waals surface area contributed by atoms with Gasteiger partial charge in [0.15, 0.2) is 0 Å². The molecule has 1 aromatic carbocycles. The smallest absolute Gasteiger partial charge is 0.319 e. The van der Waals surface area contributed by atoms with Crippen molar-refractivity contribution < 1.29 is 9.53 Å². The molecule has 0 aliphatic carbocycles. The third kappa shape index (κ3) is 4.01. The van der Waals surface area contributed by atoms with Gasteiger partial charge >= 0.3 is 6.03 Å². The zero-order valence-electron chi connectivity index (χ0n) is 10.8. The van der Waals surface area contributed by atoms with Crippen LogP contribution >= 0.6 is 11.6 Å². The van der Waals surface area contributed by atoms with E-state index in [9.17, 15) is 4.79 Å². The summed E-state index contributed by atoms with van der Waals surface area (Å²) in [5, 5.41) is 9.45. The molecule has 5 nitrogen and oxygen atoms in total. The highest BCUT2D eigenvalue weighted by molar-refractivity contribution is 6.32. The van der Waals surface area contributed by atoms with Crippen molar-refractivity contribution in [3.8, 4) is 5.75 Å². The van der Waals surface area contributed by atoms with E-state index in [0.29, 0.717) is 16.5 Å². The number of hydrogen-bond acceptors (Lipinski definition) is 3. The van der Waals surface area contributed by atoms with E-state index in [-0.39, 0.29) is 12.1 Å². The fourth-order valence-corrected chi connectivity index (χ4v) is 2.32. The quantitative estimate of drug-likeness (QED) is 0.797. The van der Waals surface area contributed by atoms with E-state index in [1.807, 2.05) is 0 Å². The Morgan fingerprint density at radius 2 is 2.16 bits per heavy atom. The molecule has 104 valence electrons. The van der Waals surface area contributed by atoms with Crippen LogP contribution in [0.5, 0.6) is 5.75 Å². The molecule has 2 rings (SSSR count). The number of nitrogens with one attached hydrogen (secondary N) is 3. The normalized spacial score (nSPS) is 15.9. The third-order valence-electron chi connectivity index (χ3n) is 3.08. The van der Waals surface area contributed by atoms with Gasteiger partial charge in [0.1, 0.15) is 5.75 Å². The molecule has 0 bridgehead atoms. The molecule has 3 N–H and O–H groups in total. The van der Waals surface area contributed by atoms with Gasteiger partial charge in [-0.3, -0.25) is 0 Å². The van der Waals surface area contributed by atoms with Gasteiger partial charge < -0.3 is 20.7 Å². The van der Waals surface area contributed by atoms with Crippen molar-refractivity contribution in [2.45, 2.75) is 18.9 Å². The molecule has 1 fully saturated rings. The van der Waals surface area contributed by atoms with E-state index in [4.69, 9.17) is 16.3 Å². The fourth-order valence-electron chi connectivity index (χ4n) is 2.06. The van der Waals surface area contributed by atoms with Gasteiger partial charge in [-0.15, -0.1) is 0 Å². The molecular formula is C13H18ClN3O2. The van der Waals surface area contributed by atoms with Crippen molar-refractivity contribution in [3.63, 3.8) is 0 Å². The van der Waals surface area contributed by atoms with Crippen LogP contribution in [0.3, 0.4) is 0 Å². The summed E-state index contributed by atoms with van der Waals surface area (Å²) in [4.78, 5) is 11.8. The molecule has 0 saturated carbocycles. The van der Waals surface area contributed by atoms with Crippen LogP contribution in [0.4, 0.5) is 10.5 Å². The van der Waals surface area contributed by atoms with Gasteiger partial charge in [-0.1, -0.05) is 11.6 Å². The number of carbonyl (C=O) groups excluding carboxylic acids is 1. The molecule has 1 aliphatic heterocycles. The van der Waals surface area contributed by atoms with Crippen molar-refractivity contribution in [2.75, 3.05) is 25.5 Å². The lowest BCUT2D eigenvalue weighted by atomic mass is 10.1. The minimum Gasteiger partial charge on any atom is -0.495 e. The van der Waals surface area contributed by atoms with E-state index in [1.165, 1.54) is 0 Å². The standard InChI is InChI=1S/C13H18ClN3O2/c1-19-12-3-2-10(8-11(12)14)17-13(18)16-9-4-6-15-7-5-9/h2-3,8-9,15H,4-7H2,1H3,(H2,16,17,18). The molecule has 0 aromatic heterocycles. The van der Waals surface area contributed by atoms with Gasteiger partial charge in [-0.05, 0) is 44.1 Å². The Kier molecular flexibility index (Phi) is 4.87. The first-order chi connectivity index (χ1) is 9.19. The van der Waals surface area contributed by atoms with Crippen molar-refractivity contribution >= 4 is 23.3 Å². The summed E-state index contributed by atoms with van der Waals surface area (Å²) in [6.07, 6.45) is 1.91. The van der Waals surface area contributed by atoms with Crippen LogP contribution in [-0.2, 0) is 0 Å². The van der Waals surface area contributed by atoms with Crippen LogP contribution in [0.15, 0.2) is 18.2 Å². The molecule has 1 heterocycles. The summed E-state index contributed by atoms with van der Waals surface area (Å²) in [7, 11) is 1.55. The van der Waals surface area contributed by atoms with E-state index < -0.39 is 0 Å². The molecule has 0 spiro atoms. The Balaban J connectivity index is 1.89. The van der Waals surface area contributed by atoms with Crippen LogP contribution in [-0.4, -0.2) is 32.3 Å². The second-order valence-electron chi connectivity index (χ2n) is 4.47. The summed E-state index contributed by atoms with van der Waals surface area (Å²) >= 11 is 6.00. The maximum absolute atomic E-state index is 11.8. The molecule has 2 amide bonds. The Bertz CT molecular complexity index is 448. The van der Waals surface area contributed by atoms with Crippen molar-refractivity contribution in [1.82, 2.24) is 10.6 Å². The van der Waals surface area contributed by atoms with Crippen LogP contribution in [0.25, 0.3) is 0 Å². The van der Waals surface area contributed by atoms with Crippen LogP contribution in [0.1, 0.15) is 12.8 Å². The van der Waals surface area contributed by atoms with E-state index in [0.717, 1.165) is 25.9 Å². The van der Waals surface area contributed by atoms with E-state index in [2.05, 4.69) is 16.0 Å². The van der Waals surface area contributed by atoms with Gasteiger partial charge in [0.2, 0.25) is 0 Å². The molecule has 0 unspecified atom stereocenters. The molecular weight excluding hydrogens is 266 g/mol. The number of urea groups is 1. The Hall–Kier alpha value is -1.46. The number of ether oxygens (including phenoxy) is 1. The number of amides is 2. The second kappa shape index (κ2) is 6.63. The number of anilines is 1. The maximum atomic E-state index is 11.8. The van der Waals surface area contributed by atoms with Crippen molar-refractivity contribution in [3.05, 3.63) is 23.2 Å². The summed E-state index contributed by atoms with van der Waals surface area (Å²) in [5.41, 5.74) is 0.650. The molecule has 6 heteroatoms. The zero-order valence-corrected chi connectivity index (χ0v) is 11.6. The van der Waals surface area contributed by atoms with Gasteiger partial charge in [-0.2, -0.15) is 0 Å². The molecule has 1 aliphatic rings. The minimum absolute atomic E-state index is 0.201. The lowest BCUT2D eigenvalue weighted by Gasteiger charge is -2.23. The first-order valence-corrected chi connectivity index (χ1v) is 6.68. The first-order valence-electron chi connectivity index (χ1n) is 6.31. The third-order valence-corrected chi connectivity index (χ3v) is 3.38. The van der Waals surface area contributed by atoms with Gasteiger partial charge in [0, 0.05) is 11.7 Å². The summed E-state index contributed by atoms with van der Waals surface area (Å²) in [6.45, 7) is 1.89. The number of benzene rings is 1. The fraction of sp³-hybridized carbons (Fsp3) is 0.462. The number of methoxy groups -OCH3 is 1. The summed E-state index contributed by atoms with van der Waals surface area (Å²) < 4.78 is 5.06. The van der Waals surface area contributed by atoms with E-state index in [1.54, 1.807) is 25.3 Å². The molecule has 1 aromatic rings. The lowest BCUT2D eigenvalue weighted by Crippen LogP contribution is -2.44. The lowest BCUT2D eigenvalue weighted by molar-refractivity contribution is 0.245. The van der Waals surface area contributed by atoms with Gasteiger partial charge in [0.25, 0.3) is 0 Å². The molecule has 19 heavy (non-hydrogen) atoms. The second-order valence-corrected chi connectivity index (χ2v) is 4.88. The molecule has 0 radical (unpaired) electrons. The monoisotopic (exact) mass is 283 g/mol. The Morgan fingerprint density at radius 1 is 1.42 bits per heavy atom. The average Bonchev–Trinajstić information content (AvgIpc) is 2.40. The number of piperidine rings is 1. The molecule has 1 saturated heterocycles. The number of carbonyl (C=O) groups is 1. The maximum Gasteiger partial charge on any atom is 0.319 e. The highest BCUT2D eigenvalue weighted by atomic mass is 35.5. The highest BCUT2D eigenvalue weighted by Gasteiger charge is 2.15. The predicted molar refractivity (Wildman–Crippen MR) is 76.1 cm³/mol. The number of halogens is 1. The van der Waals surface area contributed by atoms with E-state index >= 15 is 0 Å². The zero-order chi connectivity index (χ0) is 13.7. The average molecular weight is 284 g/mol. The van der Waals surface area contributed by atoms with Gasteiger partial charge in [-0.25, -0.2) is 4.79 Å². The van der Waals surface area contributed by atoms with Crippen molar-refractivity contribution in [2.24, 2.45) is 0 Å².